The molecule has 4 heteroatoms. The van der Waals surface area contributed by atoms with Crippen LogP contribution in [0, 0.1) is 11.3 Å². The molecule has 2 heterocycles. The van der Waals surface area contributed by atoms with Crippen LogP contribution in [0.4, 0.5) is 0 Å². The third-order valence-electron chi connectivity index (χ3n) is 6.14. The third kappa shape index (κ3) is 3.11. The number of carbonyl (C=O) groups is 1. The van der Waals surface area contributed by atoms with Crippen LogP contribution in [0.3, 0.4) is 0 Å². The number of carbonyl (C=O) groups excluding carboxylic acids is 1. The molecule has 1 aliphatic carbocycles. The predicted molar refractivity (Wildman–Crippen MR) is 84.9 cm³/mol. The van der Waals surface area contributed by atoms with Crippen molar-refractivity contribution in [1.29, 1.82) is 0 Å². The van der Waals surface area contributed by atoms with Gasteiger partial charge in [0, 0.05) is 25.7 Å². The maximum absolute atomic E-state index is 12.8. The summed E-state index contributed by atoms with van der Waals surface area (Å²) in [6, 6.07) is 0.0623. The molecule has 0 aromatic carbocycles. The Morgan fingerprint density at radius 1 is 1.10 bits per heavy atom. The van der Waals surface area contributed by atoms with Gasteiger partial charge in [0.05, 0.1) is 5.41 Å². The third-order valence-corrected chi connectivity index (χ3v) is 6.14. The van der Waals surface area contributed by atoms with Crippen molar-refractivity contribution in [3.05, 3.63) is 0 Å². The number of nitrogens with zero attached hydrogens (tertiary/aromatic N) is 2. The first-order chi connectivity index (χ1) is 10.1. The van der Waals surface area contributed by atoms with Gasteiger partial charge in [0.2, 0.25) is 5.91 Å². The number of likely N-dealkylation sites (tertiary alicyclic amines) is 2. The molecule has 1 saturated carbocycles. The van der Waals surface area contributed by atoms with Crippen molar-refractivity contribution in [1.82, 2.24) is 9.80 Å². The summed E-state index contributed by atoms with van der Waals surface area (Å²) in [6.45, 7) is 7.79. The van der Waals surface area contributed by atoms with E-state index >= 15 is 0 Å². The van der Waals surface area contributed by atoms with E-state index in [4.69, 9.17) is 5.73 Å². The van der Waals surface area contributed by atoms with Crippen LogP contribution in [-0.4, -0.2) is 54.5 Å². The molecule has 120 valence electrons. The Morgan fingerprint density at radius 3 is 2.33 bits per heavy atom. The van der Waals surface area contributed by atoms with Crippen LogP contribution in [0.15, 0.2) is 0 Å². The molecular formula is C17H31N3O. The number of piperidine rings is 1. The van der Waals surface area contributed by atoms with Gasteiger partial charge in [-0.15, -0.1) is 0 Å². The van der Waals surface area contributed by atoms with Gasteiger partial charge in [-0.05, 0) is 64.5 Å². The Labute approximate surface area is 129 Å². The van der Waals surface area contributed by atoms with Crippen molar-refractivity contribution < 1.29 is 4.79 Å². The molecule has 3 rings (SSSR count). The largest absolute Gasteiger partial charge is 0.342 e. The van der Waals surface area contributed by atoms with Gasteiger partial charge in [-0.1, -0.05) is 6.42 Å². The van der Waals surface area contributed by atoms with Gasteiger partial charge in [0.1, 0.15) is 0 Å². The second-order valence-electron chi connectivity index (χ2n) is 7.66. The zero-order valence-electron chi connectivity index (χ0n) is 13.5. The molecule has 2 saturated heterocycles. The topological polar surface area (TPSA) is 49.6 Å². The number of rotatable bonds is 3. The average Bonchev–Trinajstić information content (AvgIpc) is 3.11. The van der Waals surface area contributed by atoms with Gasteiger partial charge in [-0.3, -0.25) is 4.79 Å². The molecule has 3 aliphatic rings. The van der Waals surface area contributed by atoms with E-state index in [2.05, 4.69) is 16.7 Å². The predicted octanol–water partition coefficient (Wildman–Crippen LogP) is 1.84. The van der Waals surface area contributed by atoms with Gasteiger partial charge >= 0.3 is 0 Å². The Balaban J connectivity index is 1.49. The van der Waals surface area contributed by atoms with Crippen molar-refractivity contribution in [2.45, 2.75) is 57.9 Å². The summed E-state index contributed by atoms with van der Waals surface area (Å²) in [7, 11) is 0. The van der Waals surface area contributed by atoms with E-state index in [9.17, 15) is 4.79 Å². The van der Waals surface area contributed by atoms with E-state index in [1.54, 1.807) is 0 Å². The first-order valence-corrected chi connectivity index (χ1v) is 8.87. The van der Waals surface area contributed by atoms with Crippen LogP contribution in [-0.2, 0) is 4.79 Å². The summed E-state index contributed by atoms with van der Waals surface area (Å²) in [4.78, 5) is 17.5. The highest BCUT2D eigenvalue weighted by molar-refractivity contribution is 5.83. The van der Waals surface area contributed by atoms with Crippen molar-refractivity contribution >= 4 is 5.91 Å². The van der Waals surface area contributed by atoms with Crippen LogP contribution < -0.4 is 5.73 Å². The number of hydrogen-bond acceptors (Lipinski definition) is 3. The minimum Gasteiger partial charge on any atom is -0.342 e. The fourth-order valence-electron chi connectivity index (χ4n) is 4.47. The lowest BCUT2D eigenvalue weighted by molar-refractivity contribution is -0.143. The molecular weight excluding hydrogens is 262 g/mol. The van der Waals surface area contributed by atoms with Crippen molar-refractivity contribution in [3.63, 3.8) is 0 Å². The Kier molecular flexibility index (Phi) is 4.55. The Hall–Kier alpha value is -0.610. The minimum absolute atomic E-state index is 0.0623. The fraction of sp³-hybridized carbons (Fsp3) is 0.941. The van der Waals surface area contributed by atoms with Gasteiger partial charge in [0.25, 0.3) is 0 Å². The van der Waals surface area contributed by atoms with E-state index < -0.39 is 0 Å². The first-order valence-electron chi connectivity index (χ1n) is 8.87. The minimum atomic E-state index is -0.290. The summed E-state index contributed by atoms with van der Waals surface area (Å²) in [5, 5.41) is 0. The molecule has 21 heavy (non-hydrogen) atoms. The summed E-state index contributed by atoms with van der Waals surface area (Å²) in [5.41, 5.74) is 5.91. The van der Waals surface area contributed by atoms with E-state index in [0.717, 1.165) is 38.3 Å². The van der Waals surface area contributed by atoms with E-state index in [1.807, 2.05) is 0 Å². The summed E-state index contributed by atoms with van der Waals surface area (Å²) < 4.78 is 0. The second-order valence-corrected chi connectivity index (χ2v) is 7.66. The van der Waals surface area contributed by atoms with Gasteiger partial charge < -0.3 is 15.5 Å². The molecule has 4 nitrogen and oxygen atoms in total. The average molecular weight is 293 g/mol. The van der Waals surface area contributed by atoms with Crippen molar-refractivity contribution in [2.24, 2.45) is 17.1 Å². The molecule has 0 aromatic rings. The Morgan fingerprint density at radius 2 is 1.76 bits per heavy atom. The smallest absolute Gasteiger partial charge is 0.230 e. The molecule has 0 bridgehead atoms. The zero-order chi connectivity index (χ0) is 14.9. The van der Waals surface area contributed by atoms with E-state index in [1.165, 1.54) is 45.3 Å². The second kappa shape index (κ2) is 6.25. The highest BCUT2D eigenvalue weighted by Gasteiger charge is 2.45. The van der Waals surface area contributed by atoms with E-state index in [-0.39, 0.29) is 11.5 Å². The maximum atomic E-state index is 12.8. The quantitative estimate of drug-likeness (QED) is 0.864. The summed E-state index contributed by atoms with van der Waals surface area (Å²) >= 11 is 0. The van der Waals surface area contributed by atoms with Gasteiger partial charge in [-0.2, -0.15) is 0 Å². The van der Waals surface area contributed by atoms with Crippen LogP contribution in [0.2, 0.25) is 0 Å². The molecule has 2 unspecified atom stereocenters. The van der Waals surface area contributed by atoms with Gasteiger partial charge in [0.15, 0.2) is 0 Å². The number of hydrogen-bond donors (Lipinski definition) is 1. The summed E-state index contributed by atoms with van der Waals surface area (Å²) in [6.07, 6.45) is 8.17. The van der Waals surface area contributed by atoms with Gasteiger partial charge in [-0.25, -0.2) is 0 Å². The summed E-state index contributed by atoms with van der Waals surface area (Å²) in [5.74, 6) is 1.12. The highest BCUT2D eigenvalue weighted by Crippen LogP contribution is 2.39. The molecule has 2 atom stereocenters. The lowest BCUT2D eigenvalue weighted by atomic mass is 9.82. The number of nitrogens with two attached hydrogens (primary N) is 1. The normalized spacial score (nSPS) is 35.5. The van der Waals surface area contributed by atoms with Crippen molar-refractivity contribution in [3.8, 4) is 0 Å². The van der Waals surface area contributed by atoms with Crippen LogP contribution in [0.1, 0.15) is 51.9 Å². The van der Waals surface area contributed by atoms with E-state index in [0.29, 0.717) is 5.91 Å². The molecule has 2 N–H and O–H groups in total. The molecule has 1 amide bonds. The molecule has 0 radical (unpaired) electrons. The zero-order valence-corrected chi connectivity index (χ0v) is 13.5. The van der Waals surface area contributed by atoms with Crippen LogP contribution >= 0.6 is 0 Å². The standard InChI is InChI=1S/C17H31N3O/c1-17(8-4-5-15(17)18)16(21)20-11-6-14(7-12-20)13-19-9-2-3-10-19/h14-15H,2-13,18H2,1H3. The molecule has 0 spiro atoms. The monoisotopic (exact) mass is 293 g/mol. The fourth-order valence-corrected chi connectivity index (χ4v) is 4.47. The van der Waals surface area contributed by atoms with Crippen LogP contribution in [0.5, 0.6) is 0 Å². The SMILES string of the molecule is CC1(C(=O)N2CCC(CN3CCCC3)CC2)CCCC1N. The molecule has 0 aromatic heterocycles. The molecule has 2 aliphatic heterocycles. The lowest BCUT2D eigenvalue weighted by Gasteiger charge is -2.39. The first kappa shape index (κ1) is 15.3. The lowest BCUT2D eigenvalue weighted by Crippen LogP contribution is -2.51. The highest BCUT2D eigenvalue weighted by atomic mass is 16.2. The molecule has 3 fully saturated rings. The Bertz CT molecular complexity index is 372. The van der Waals surface area contributed by atoms with Crippen molar-refractivity contribution in [2.75, 3.05) is 32.7 Å². The maximum Gasteiger partial charge on any atom is 0.230 e. The number of amides is 1. The van der Waals surface area contributed by atoms with Crippen LogP contribution in [0.25, 0.3) is 0 Å².